The Morgan fingerprint density at radius 2 is 2.09 bits per heavy atom. The van der Waals surface area contributed by atoms with Gasteiger partial charge in [0.15, 0.2) is 5.69 Å². The van der Waals surface area contributed by atoms with Gasteiger partial charge in [0.1, 0.15) is 0 Å². The van der Waals surface area contributed by atoms with E-state index in [-0.39, 0.29) is 5.91 Å². The fraction of sp³-hybridized carbons (Fsp3) is 0.312. The Kier molecular flexibility index (Phi) is 4.68. The number of rotatable bonds is 4. The number of hydrogen-bond donors (Lipinski definition) is 2. The lowest BCUT2D eigenvalue weighted by Gasteiger charge is -2.28. The Morgan fingerprint density at radius 1 is 1.35 bits per heavy atom. The first-order chi connectivity index (χ1) is 11.2. The normalized spacial score (nSPS) is 15.1. The molecule has 7 heteroatoms. The van der Waals surface area contributed by atoms with Crippen LogP contribution in [0.5, 0.6) is 0 Å². The molecule has 2 N–H and O–H groups in total. The van der Waals surface area contributed by atoms with Crippen LogP contribution < -0.4 is 10.3 Å². The fourth-order valence-corrected chi connectivity index (χ4v) is 2.35. The van der Waals surface area contributed by atoms with E-state index in [1.54, 1.807) is 12.3 Å². The first-order valence-electron chi connectivity index (χ1n) is 7.50. The molecule has 0 saturated carbocycles. The zero-order valence-corrected chi connectivity index (χ0v) is 13.0. The fourth-order valence-electron chi connectivity index (χ4n) is 2.35. The minimum atomic E-state index is -0.337. The van der Waals surface area contributed by atoms with E-state index >= 15 is 0 Å². The minimum absolute atomic E-state index is 0.322. The molecular formula is C16H19N5O2. The summed E-state index contributed by atoms with van der Waals surface area (Å²) < 4.78 is 5.35. The van der Waals surface area contributed by atoms with E-state index in [0.29, 0.717) is 5.69 Å². The van der Waals surface area contributed by atoms with Gasteiger partial charge in [0, 0.05) is 24.5 Å². The summed E-state index contributed by atoms with van der Waals surface area (Å²) in [5.41, 5.74) is 5.70. The van der Waals surface area contributed by atoms with Crippen LogP contribution in [0, 0.1) is 6.92 Å². The molecular weight excluding hydrogens is 294 g/mol. The minimum Gasteiger partial charge on any atom is -0.378 e. The average Bonchev–Trinajstić information content (AvgIpc) is 3.03. The van der Waals surface area contributed by atoms with Crippen LogP contribution in [0.3, 0.4) is 0 Å². The molecule has 0 radical (unpaired) electrons. The smallest absolute Gasteiger partial charge is 0.291 e. The molecule has 1 amide bonds. The molecule has 23 heavy (non-hydrogen) atoms. The molecule has 1 aromatic carbocycles. The highest BCUT2D eigenvalue weighted by atomic mass is 16.5. The highest BCUT2D eigenvalue weighted by Gasteiger charge is 2.10. The van der Waals surface area contributed by atoms with Crippen LogP contribution >= 0.6 is 0 Å². The molecule has 7 nitrogen and oxygen atoms in total. The Bertz CT molecular complexity index is 687. The number of nitrogens with zero attached hydrogens (tertiary/aromatic N) is 3. The number of morpholine rings is 1. The Labute approximate surface area is 134 Å². The highest BCUT2D eigenvalue weighted by molar-refractivity contribution is 5.93. The van der Waals surface area contributed by atoms with Crippen LogP contribution in [0.1, 0.15) is 21.7 Å². The number of H-pyrrole nitrogens is 1. The molecule has 120 valence electrons. The number of ether oxygens (including phenoxy) is 1. The van der Waals surface area contributed by atoms with Crippen molar-refractivity contribution < 1.29 is 9.53 Å². The zero-order valence-electron chi connectivity index (χ0n) is 13.0. The molecule has 0 unspecified atom stereocenters. The number of nitrogens with one attached hydrogen (secondary N) is 2. The quantitative estimate of drug-likeness (QED) is 0.659. The number of hydrogen-bond acceptors (Lipinski definition) is 5. The maximum absolute atomic E-state index is 11.8. The highest BCUT2D eigenvalue weighted by Crippen LogP contribution is 2.15. The maximum Gasteiger partial charge on any atom is 0.291 e. The van der Waals surface area contributed by atoms with Crippen LogP contribution in [0.25, 0.3) is 0 Å². The first kappa shape index (κ1) is 15.2. The molecule has 1 fully saturated rings. The zero-order chi connectivity index (χ0) is 16.1. The summed E-state index contributed by atoms with van der Waals surface area (Å²) in [4.78, 5) is 14.1. The van der Waals surface area contributed by atoms with Crippen LogP contribution in [-0.2, 0) is 4.74 Å². The molecule has 2 aromatic rings. The van der Waals surface area contributed by atoms with Crippen molar-refractivity contribution in [3.63, 3.8) is 0 Å². The lowest BCUT2D eigenvalue weighted by Crippen LogP contribution is -2.36. The predicted molar refractivity (Wildman–Crippen MR) is 87.9 cm³/mol. The van der Waals surface area contributed by atoms with Gasteiger partial charge in [0.25, 0.3) is 5.91 Å². The monoisotopic (exact) mass is 313 g/mol. The summed E-state index contributed by atoms with van der Waals surface area (Å²) in [5.74, 6) is -0.337. The molecule has 1 aromatic heterocycles. The van der Waals surface area contributed by atoms with Crippen molar-refractivity contribution >= 4 is 17.8 Å². The van der Waals surface area contributed by atoms with Gasteiger partial charge in [-0.15, -0.1) is 0 Å². The summed E-state index contributed by atoms with van der Waals surface area (Å²) in [7, 11) is 0. The molecule has 2 heterocycles. The van der Waals surface area contributed by atoms with Gasteiger partial charge in [-0.2, -0.15) is 10.2 Å². The molecule has 0 aliphatic carbocycles. The van der Waals surface area contributed by atoms with E-state index in [4.69, 9.17) is 4.74 Å². The number of aryl methyl sites for hydroxylation is 1. The molecule has 0 atom stereocenters. The van der Waals surface area contributed by atoms with Crippen molar-refractivity contribution in [3.05, 3.63) is 47.3 Å². The van der Waals surface area contributed by atoms with Gasteiger partial charge in [-0.1, -0.05) is 12.1 Å². The van der Waals surface area contributed by atoms with Gasteiger partial charge in [0.05, 0.1) is 19.4 Å². The van der Waals surface area contributed by atoms with Crippen LogP contribution in [-0.4, -0.2) is 48.6 Å². The molecule has 1 aliphatic rings. The summed E-state index contributed by atoms with van der Waals surface area (Å²) in [5, 5.41) is 10.6. The van der Waals surface area contributed by atoms with Crippen molar-refractivity contribution in [1.82, 2.24) is 15.6 Å². The molecule has 1 saturated heterocycles. The SMILES string of the molecule is Cc1cc(C(=O)N/N=C/c2ccc(N3CCOCC3)cc2)n[nH]1. The van der Waals surface area contributed by atoms with Gasteiger partial charge < -0.3 is 9.64 Å². The van der Waals surface area contributed by atoms with E-state index in [0.717, 1.165) is 37.6 Å². The standard InChI is InChI=1S/C16H19N5O2/c1-12-10-15(19-18-12)16(22)20-17-11-13-2-4-14(5-3-13)21-6-8-23-9-7-21/h2-5,10-11H,6-9H2,1H3,(H,18,19)(H,20,22)/b17-11+. The molecule has 0 spiro atoms. The molecule has 3 rings (SSSR count). The van der Waals surface area contributed by atoms with Gasteiger partial charge in [0.2, 0.25) is 0 Å². The third-order valence-corrected chi connectivity index (χ3v) is 3.59. The number of aromatic nitrogens is 2. The van der Waals surface area contributed by atoms with Gasteiger partial charge >= 0.3 is 0 Å². The van der Waals surface area contributed by atoms with E-state index in [9.17, 15) is 4.79 Å². The largest absolute Gasteiger partial charge is 0.378 e. The first-order valence-corrected chi connectivity index (χ1v) is 7.50. The summed E-state index contributed by atoms with van der Waals surface area (Å²) in [6.07, 6.45) is 1.61. The topological polar surface area (TPSA) is 82.6 Å². The molecule has 0 bridgehead atoms. The Balaban J connectivity index is 1.56. The second-order valence-electron chi connectivity index (χ2n) is 5.33. The molecule has 1 aliphatic heterocycles. The number of carbonyl (C=O) groups is 1. The lowest BCUT2D eigenvalue weighted by molar-refractivity contribution is 0.0950. The number of anilines is 1. The predicted octanol–water partition coefficient (Wildman–Crippen LogP) is 1.32. The van der Waals surface area contributed by atoms with E-state index in [1.807, 2.05) is 31.2 Å². The third-order valence-electron chi connectivity index (χ3n) is 3.59. The summed E-state index contributed by atoms with van der Waals surface area (Å²) in [6, 6.07) is 9.71. The number of amides is 1. The van der Waals surface area contributed by atoms with Crippen molar-refractivity contribution in [2.45, 2.75) is 6.92 Å². The number of aromatic amines is 1. The Morgan fingerprint density at radius 3 is 2.74 bits per heavy atom. The lowest BCUT2D eigenvalue weighted by atomic mass is 10.2. The van der Waals surface area contributed by atoms with Crippen LogP contribution in [0.15, 0.2) is 35.4 Å². The number of hydrazone groups is 1. The van der Waals surface area contributed by atoms with E-state index in [1.165, 1.54) is 5.69 Å². The van der Waals surface area contributed by atoms with E-state index in [2.05, 4.69) is 25.6 Å². The van der Waals surface area contributed by atoms with Gasteiger partial charge in [-0.05, 0) is 30.7 Å². The van der Waals surface area contributed by atoms with Crippen molar-refractivity contribution in [2.75, 3.05) is 31.2 Å². The van der Waals surface area contributed by atoms with E-state index < -0.39 is 0 Å². The number of benzene rings is 1. The van der Waals surface area contributed by atoms with Crippen molar-refractivity contribution in [2.24, 2.45) is 5.10 Å². The van der Waals surface area contributed by atoms with Crippen LogP contribution in [0.2, 0.25) is 0 Å². The van der Waals surface area contributed by atoms with Gasteiger partial charge in [-0.25, -0.2) is 5.43 Å². The van der Waals surface area contributed by atoms with Crippen molar-refractivity contribution in [3.8, 4) is 0 Å². The second kappa shape index (κ2) is 7.06. The van der Waals surface area contributed by atoms with Crippen molar-refractivity contribution in [1.29, 1.82) is 0 Å². The average molecular weight is 313 g/mol. The van der Waals surface area contributed by atoms with Crippen LogP contribution in [0.4, 0.5) is 5.69 Å². The Hall–Kier alpha value is -2.67. The second-order valence-corrected chi connectivity index (χ2v) is 5.33. The third kappa shape index (κ3) is 3.95. The number of carbonyl (C=O) groups excluding carboxylic acids is 1. The van der Waals surface area contributed by atoms with Gasteiger partial charge in [-0.3, -0.25) is 9.89 Å². The summed E-state index contributed by atoms with van der Waals surface area (Å²) in [6.45, 7) is 5.19. The summed E-state index contributed by atoms with van der Waals surface area (Å²) >= 11 is 0. The maximum atomic E-state index is 11.8.